The molecule has 0 radical (unpaired) electrons. The van der Waals surface area contributed by atoms with E-state index >= 15 is 0 Å². The first-order valence-electron chi connectivity index (χ1n) is 4.45. The Morgan fingerprint density at radius 1 is 1.23 bits per heavy atom. The molecular formula is C10H12N2S. The van der Waals surface area contributed by atoms with Gasteiger partial charge in [0.1, 0.15) is 0 Å². The highest BCUT2D eigenvalue weighted by atomic mass is 32.1. The van der Waals surface area contributed by atoms with Crippen LogP contribution in [0.25, 0.3) is 0 Å². The monoisotopic (exact) mass is 192 g/mol. The first-order chi connectivity index (χ1) is 6.36. The highest BCUT2D eigenvalue weighted by Crippen LogP contribution is 2.17. The van der Waals surface area contributed by atoms with E-state index in [1.165, 1.54) is 5.56 Å². The minimum atomic E-state index is 0.384. The third kappa shape index (κ3) is 1.98. The molecule has 13 heavy (non-hydrogen) atoms. The Kier molecular flexibility index (Phi) is 2.45. The van der Waals surface area contributed by atoms with E-state index in [1.54, 1.807) is 0 Å². The number of rotatable bonds is 1. The summed E-state index contributed by atoms with van der Waals surface area (Å²) in [5, 5.41) is 7.12. The smallest absolute Gasteiger partial charge is 0.166 e. The molecule has 1 aromatic rings. The lowest BCUT2D eigenvalue weighted by molar-refractivity contribution is 0.537. The second-order valence-corrected chi connectivity index (χ2v) is 3.56. The molecule has 1 aliphatic heterocycles. The van der Waals surface area contributed by atoms with Crippen LogP contribution in [-0.4, -0.2) is 11.7 Å². The van der Waals surface area contributed by atoms with E-state index in [2.05, 4.69) is 34.9 Å². The summed E-state index contributed by atoms with van der Waals surface area (Å²) in [5.41, 5.74) is 1.31. The van der Waals surface area contributed by atoms with Gasteiger partial charge in [0.05, 0.1) is 6.04 Å². The van der Waals surface area contributed by atoms with Crippen LogP contribution in [0, 0.1) is 0 Å². The Labute approximate surface area is 83.3 Å². The molecule has 2 N–H and O–H groups in total. The predicted octanol–water partition coefficient (Wildman–Crippen LogP) is 1.60. The summed E-state index contributed by atoms with van der Waals surface area (Å²) in [6.07, 6.45) is 1.09. The second kappa shape index (κ2) is 3.75. The maximum absolute atomic E-state index is 5.06. The average Bonchev–Trinajstić information content (AvgIpc) is 2.19. The molecule has 0 amide bonds. The molecule has 0 saturated carbocycles. The molecule has 0 aromatic heterocycles. The molecule has 0 aliphatic carbocycles. The van der Waals surface area contributed by atoms with Gasteiger partial charge in [-0.25, -0.2) is 0 Å². The number of nitrogens with one attached hydrogen (secondary N) is 2. The van der Waals surface area contributed by atoms with Crippen LogP contribution >= 0.6 is 12.2 Å². The fourth-order valence-electron chi connectivity index (χ4n) is 1.55. The summed E-state index contributed by atoms with van der Waals surface area (Å²) in [5.74, 6) is 0. The van der Waals surface area contributed by atoms with Crippen molar-refractivity contribution in [3.05, 3.63) is 35.9 Å². The summed E-state index contributed by atoms with van der Waals surface area (Å²) >= 11 is 5.06. The zero-order valence-electron chi connectivity index (χ0n) is 7.29. The van der Waals surface area contributed by atoms with Crippen LogP contribution in [0.4, 0.5) is 0 Å². The van der Waals surface area contributed by atoms with E-state index in [-0.39, 0.29) is 0 Å². The molecule has 1 aliphatic rings. The van der Waals surface area contributed by atoms with Gasteiger partial charge in [0.2, 0.25) is 0 Å². The van der Waals surface area contributed by atoms with Gasteiger partial charge in [0, 0.05) is 6.54 Å². The zero-order chi connectivity index (χ0) is 9.10. The standard InChI is InChI=1S/C10H12N2S/c13-10-11-7-6-9(12-10)8-4-2-1-3-5-8/h1-5,9H,6-7H2,(H2,11,12,13). The van der Waals surface area contributed by atoms with Crippen LogP contribution in [0.15, 0.2) is 30.3 Å². The van der Waals surface area contributed by atoms with E-state index < -0.39 is 0 Å². The summed E-state index contributed by atoms with van der Waals surface area (Å²) in [4.78, 5) is 0. The fraction of sp³-hybridized carbons (Fsp3) is 0.300. The molecule has 2 nitrogen and oxygen atoms in total. The molecule has 1 heterocycles. The van der Waals surface area contributed by atoms with Gasteiger partial charge in [-0.15, -0.1) is 0 Å². The molecule has 3 heteroatoms. The molecule has 0 bridgehead atoms. The third-order valence-electron chi connectivity index (χ3n) is 2.23. The minimum absolute atomic E-state index is 0.384. The zero-order valence-corrected chi connectivity index (χ0v) is 8.10. The summed E-state index contributed by atoms with van der Waals surface area (Å²) in [6.45, 7) is 0.964. The topological polar surface area (TPSA) is 24.1 Å². The molecule has 1 aromatic carbocycles. The molecule has 1 saturated heterocycles. The Morgan fingerprint density at radius 3 is 2.69 bits per heavy atom. The molecular weight excluding hydrogens is 180 g/mol. The normalized spacial score (nSPS) is 21.8. The number of benzene rings is 1. The third-order valence-corrected chi connectivity index (χ3v) is 2.49. The van der Waals surface area contributed by atoms with Crippen LogP contribution in [0.1, 0.15) is 18.0 Å². The van der Waals surface area contributed by atoms with Gasteiger partial charge in [0.15, 0.2) is 5.11 Å². The van der Waals surface area contributed by atoms with Gasteiger partial charge in [-0.1, -0.05) is 30.3 Å². The van der Waals surface area contributed by atoms with E-state index in [0.29, 0.717) is 6.04 Å². The van der Waals surface area contributed by atoms with Crippen molar-refractivity contribution in [2.75, 3.05) is 6.54 Å². The van der Waals surface area contributed by atoms with Gasteiger partial charge in [-0.3, -0.25) is 0 Å². The lowest BCUT2D eigenvalue weighted by Crippen LogP contribution is -2.44. The van der Waals surface area contributed by atoms with Crippen molar-refractivity contribution in [1.82, 2.24) is 10.6 Å². The highest BCUT2D eigenvalue weighted by molar-refractivity contribution is 7.80. The van der Waals surface area contributed by atoms with Crippen molar-refractivity contribution < 1.29 is 0 Å². The number of hydrogen-bond donors (Lipinski definition) is 2. The molecule has 68 valence electrons. The van der Waals surface area contributed by atoms with Crippen LogP contribution in [-0.2, 0) is 0 Å². The Balaban J connectivity index is 2.13. The maximum atomic E-state index is 5.06. The van der Waals surface area contributed by atoms with Crippen molar-refractivity contribution in [3.8, 4) is 0 Å². The molecule has 0 spiro atoms. The van der Waals surface area contributed by atoms with Crippen molar-refractivity contribution in [3.63, 3.8) is 0 Å². The summed E-state index contributed by atoms with van der Waals surface area (Å²) < 4.78 is 0. The average molecular weight is 192 g/mol. The second-order valence-electron chi connectivity index (χ2n) is 3.15. The Hall–Kier alpha value is -1.09. The fourth-order valence-corrected chi connectivity index (χ4v) is 1.79. The van der Waals surface area contributed by atoms with Crippen molar-refractivity contribution in [2.24, 2.45) is 0 Å². The quantitative estimate of drug-likeness (QED) is 0.661. The first kappa shape index (κ1) is 8.51. The molecule has 1 unspecified atom stereocenters. The first-order valence-corrected chi connectivity index (χ1v) is 4.86. The van der Waals surface area contributed by atoms with Crippen LogP contribution < -0.4 is 10.6 Å². The van der Waals surface area contributed by atoms with E-state index in [1.807, 2.05) is 6.07 Å². The Bertz CT molecular complexity index is 297. The van der Waals surface area contributed by atoms with Gasteiger partial charge in [-0.2, -0.15) is 0 Å². The Morgan fingerprint density at radius 2 is 2.00 bits per heavy atom. The van der Waals surface area contributed by atoms with Crippen LogP contribution in [0.5, 0.6) is 0 Å². The van der Waals surface area contributed by atoms with Gasteiger partial charge in [0.25, 0.3) is 0 Å². The van der Waals surface area contributed by atoms with Crippen molar-refractivity contribution in [1.29, 1.82) is 0 Å². The number of hydrogen-bond acceptors (Lipinski definition) is 1. The summed E-state index contributed by atoms with van der Waals surface area (Å²) in [7, 11) is 0. The molecule has 2 rings (SSSR count). The summed E-state index contributed by atoms with van der Waals surface area (Å²) in [6, 6.07) is 10.8. The van der Waals surface area contributed by atoms with Crippen molar-refractivity contribution in [2.45, 2.75) is 12.5 Å². The van der Waals surface area contributed by atoms with Gasteiger partial charge in [-0.05, 0) is 24.2 Å². The number of thiocarbonyl (C=S) groups is 1. The lowest BCUT2D eigenvalue weighted by Gasteiger charge is -2.26. The molecule has 1 atom stereocenters. The maximum Gasteiger partial charge on any atom is 0.166 e. The van der Waals surface area contributed by atoms with Gasteiger partial charge < -0.3 is 10.6 Å². The minimum Gasteiger partial charge on any atom is -0.363 e. The predicted molar refractivity (Wildman–Crippen MR) is 57.5 cm³/mol. The van der Waals surface area contributed by atoms with E-state index in [4.69, 9.17) is 12.2 Å². The van der Waals surface area contributed by atoms with E-state index in [0.717, 1.165) is 18.1 Å². The molecule has 1 fully saturated rings. The van der Waals surface area contributed by atoms with Gasteiger partial charge >= 0.3 is 0 Å². The van der Waals surface area contributed by atoms with Crippen LogP contribution in [0.3, 0.4) is 0 Å². The lowest BCUT2D eigenvalue weighted by atomic mass is 10.0. The van der Waals surface area contributed by atoms with E-state index in [9.17, 15) is 0 Å². The highest BCUT2D eigenvalue weighted by Gasteiger charge is 2.15. The van der Waals surface area contributed by atoms with Crippen molar-refractivity contribution >= 4 is 17.3 Å². The largest absolute Gasteiger partial charge is 0.363 e. The SMILES string of the molecule is S=C1NCCC(c2ccccc2)N1. The van der Waals surface area contributed by atoms with Crippen LogP contribution in [0.2, 0.25) is 0 Å².